The van der Waals surface area contributed by atoms with Crippen LogP contribution in [0.5, 0.6) is 5.75 Å². The van der Waals surface area contributed by atoms with Crippen LogP contribution >= 0.6 is 0 Å². The third-order valence-electron chi connectivity index (χ3n) is 4.23. The molecule has 1 aliphatic heterocycles. The van der Waals surface area contributed by atoms with Crippen molar-refractivity contribution < 1.29 is 24.2 Å². The van der Waals surface area contributed by atoms with E-state index in [4.69, 9.17) is 9.47 Å². The molecular formula is C20H27NO5. The number of aliphatic carboxylic acids is 1. The molecule has 2 atom stereocenters. The van der Waals surface area contributed by atoms with Gasteiger partial charge >= 0.3 is 12.1 Å². The van der Waals surface area contributed by atoms with Gasteiger partial charge in [-0.3, -0.25) is 4.90 Å². The average molecular weight is 361 g/mol. The van der Waals surface area contributed by atoms with E-state index >= 15 is 0 Å². The summed E-state index contributed by atoms with van der Waals surface area (Å²) in [7, 11) is 0. The zero-order valence-corrected chi connectivity index (χ0v) is 15.8. The average Bonchev–Trinajstić information content (AvgIpc) is 2.53. The summed E-state index contributed by atoms with van der Waals surface area (Å²) in [4.78, 5) is 25.2. The molecule has 1 aromatic carbocycles. The van der Waals surface area contributed by atoms with E-state index in [-0.39, 0.29) is 19.1 Å². The number of carboxylic acid groups (broad SMARTS) is 1. The number of aryl methyl sites for hydroxylation is 1. The van der Waals surface area contributed by atoms with Crippen LogP contribution in [0.15, 0.2) is 24.8 Å². The summed E-state index contributed by atoms with van der Waals surface area (Å²) in [5, 5.41) is 9.54. The molecule has 0 bridgehead atoms. The number of amides is 1. The highest BCUT2D eigenvalue weighted by Crippen LogP contribution is 2.26. The van der Waals surface area contributed by atoms with Crippen molar-refractivity contribution in [3.05, 3.63) is 35.9 Å². The van der Waals surface area contributed by atoms with Crippen LogP contribution in [0.4, 0.5) is 4.79 Å². The minimum atomic E-state index is -1.05. The van der Waals surface area contributed by atoms with Gasteiger partial charge in [0, 0.05) is 19.4 Å². The molecule has 26 heavy (non-hydrogen) atoms. The van der Waals surface area contributed by atoms with Crippen molar-refractivity contribution >= 4 is 18.1 Å². The van der Waals surface area contributed by atoms with Crippen LogP contribution in [0.1, 0.15) is 44.7 Å². The fraction of sp³-hybridized carbons (Fsp3) is 0.500. The predicted octanol–water partition coefficient (Wildman–Crippen LogP) is 3.87. The second kappa shape index (κ2) is 7.81. The lowest BCUT2D eigenvalue weighted by Gasteiger charge is -2.37. The van der Waals surface area contributed by atoms with Gasteiger partial charge in [0.25, 0.3) is 0 Å². The molecule has 1 aliphatic rings. The first-order valence-electron chi connectivity index (χ1n) is 8.73. The van der Waals surface area contributed by atoms with Gasteiger partial charge in [-0.15, -0.1) is 0 Å². The Morgan fingerprint density at radius 3 is 2.58 bits per heavy atom. The number of benzene rings is 1. The van der Waals surface area contributed by atoms with Crippen LogP contribution < -0.4 is 4.74 Å². The van der Waals surface area contributed by atoms with Gasteiger partial charge < -0.3 is 14.6 Å². The third kappa shape index (κ3) is 5.00. The molecule has 0 saturated carbocycles. The van der Waals surface area contributed by atoms with E-state index in [2.05, 4.69) is 6.58 Å². The molecule has 6 heteroatoms. The molecule has 1 fully saturated rings. The van der Waals surface area contributed by atoms with Gasteiger partial charge in [-0.1, -0.05) is 18.7 Å². The summed E-state index contributed by atoms with van der Waals surface area (Å²) in [6.07, 6.45) is 1.67. The second-order valence-electron chi connectivity index (χ2n) is 7.51. The number of rotatable bonds is 4. The quantitative estimate of drug-likeness (QED) is 0.881. The van der Waals surface area contributed by atoms with E-state index < -0.39 is 23.7 Å². The lowest BCUT2D eigenvalue weighted by molar-refractivity contribution is -0.145. The van der Waals surface area contributed by atoms with Gasteiger partial charge in [0.1, 0.15) is 23.5 Å². The highest BCUT2D eigenvalue weighted by molar-refractivity contribution is 5.80. The normalized spacial score (nSPS) is 20.4. The van der Waals surface area contributed by atoms with E-state index in [1.54, 1.807) is 26.8 Å². The minimum absolute atomic E-state index is 0.219. The van der Waals surface area contributed by atoms with Crippen molar-refractivity contribution in [2.45, 2.75) is 58.3 Å². The Bertz CT molecular complexity index is 692. The van der Waals surface area contributed by atoms with Crippen molar-refractivity contribution in [2.24, 2.45) is 0 Å². The number of piperidine rings is 1. The second-order valence-corrected chi connectivity index (χ2v) is 7.51. The largest absolute Gasteiger partial charge is 0.490 e. The van der Waals surface area contributed by atoms with E-state index in [0.717, 1.165) is 11.1 Å². The molecule has 0 radical (unpaired) electrons. The molecule has 1 heterocycles. The molecule has 0 aliphatic carbocycles. The van der Waals surface area contributed by atoms with Crippen molar-refractivity contribution in [2.75, 3.05) is 6.54 Å². The van der Waals surface area contributed by atoms with Crippen molar-refractivity contribution in [1.29, 1.82) is 0 Å². The number of carbonyl (C=O) groups excluding carboxylic acids is 1. The first-order valence-corrected chi connectivity index (χ1v) is 8.73. The van der Waals surface area contributed by atoms with E-state index in [1.165, 1.54) is 4.90 Å². The SMILES string of the molecule is C=Cc1ccc(OC2CCN(C(=O)OC(C)(C)C)C(C(=O)O)C2)cc1C. The number of carbonyl (C=O) groups is 2. The summed E-state index contributed by atoms with van der Waals surface area (Å²) >= 11 is 0. The highest BCUT2D eigenvalue weighted by Gasteiger charge is 2.39. The number of carboxylic acids is 1. The molecule has 0 aromatic heterocycles. The monoisotopic (exact) mass is 361 g/mol. The Morgan fingerprint density at radius 1 is 1.35 bits per heavy atom. The topological polar surface area (TPSA) is 76.1 Å². The van der Waals surface area contributed by atoms with Gasteiger partial charge in [-0.25, -0.2) is 9.59 Å². The summed E-state index contributed by atoms with van der Waals surface area (Å²) < 4.78 is 11.3. The molecule has 1 aromatic rings. The van der Waals surface area contributed by atoms with Crippen LogP contribution in [0.25, 0.3) is 6.08 Å². The number of ether oxygens (including phenoxy) is 2. The summed E-state index contributed by atoms with van der Waals surface area (Å²) in [6.45, 7) is 11.3. The molecule has 0 spiro atoms. The number of nitrogens with zero attached hydrogens (tertiary/aromatic N) is 1. The molecule has 1 saturated heterocycles. The van der Waals surface area contributed by atoms with E-state index in [9.17, 15) is 14.7 Å². The maximum atomic E-state index is 12.3. The number of likely N-dealkylation sites (tertiary alicyclic amines) is 1. The van der Waals surface area contributed by atoms with Crippen molar-refractivity contribution in [3.8, 4) is 5.75 Å². The van der Waals surface area contributed by atoms with Gasteiger partial charge in [-0.2, -0.15) is 0 Å². The predicted molar refractivity (Wildman–Crippen MR) is 99.3 cm³/mol. The maximum Gasteiger partial charge on any atom is 0.411 e. The van der Waals surface area contributed by atoms with Crippen LogP contribution in [0.3, 0.4) is 0 Å². The molecule has 1 amide bonds. The van der Waals surface area contributed by atoms with Gasteiger partial charge in [0.15, 0.2) is 0 Å². The van der Waals surface area contributed by atoms with Crippen LogP contribution in [-0.4, -0.2) is 46.4 Å². The molecular weight excluding hydrogens is 334 g/mol. The Balaban J connectivity index is 2.07. The van der Waals surface area contributed by atoms with Crippen LogP contribution in [0.2, 0.25) is 0 Å². The molecule has 2 unspecified atom stereocenters. The molecule has 6 nitrogen and oxygen atoms in total. The first-order chi connectivity index (χ1) is 12.1. The van der Waals surface area contributed by atoms with E-state index in [0.29, 0.717) is 12.2 Å². The van der Waals surface area contributed by atoms with Gasteiger partial charge in [0.2, 0.25) is 0 Å². The van der Waals surface area contributed by atoms with E-state index in [1.807, 2.05) is 25.1 Å². The zero-order chi connectivity index (χ0) is 19.5. The Labute approximate surface area is 154 Å². The highest BCUT2D eigenvalue weighted by atomic mass is 16.6. The Kier molecular flexibility index (Phi) is 5.95. The fourth-order valence-electron chi connectivity index (χ4n) is 2.96. The molecule has 1 N–H and O–H groups in total. The van der Waals surface area contributed by atoms with Crippen LogP contribution in [0, 0.1) is 6.92 Å². The van der Waals surface area contributed by atoms with Crippen LogP contribution in [-0.2, 0) is 9.53 Å². The molecule has 2 rings (SSSR count). The van der Waals surface area contributed by atoms with Gasteiger partial charge in [0.05, 0.1) is 0 Å². The molecule has 142 valence electrons. The third-order valence-corrected chi connectivity index (χ3v) is 4.23. The zero-order valence-electron chi connectivity index (χ0n) is 15.8. The minimum Gasteiger partial charge on any atom is -0.490 e. The Morgan fingerprint density at radius 2 is 2.04 bits per heavy atom. The lowest BCUT2D eigenvalue weighted by atomic mass is 9.99. The Hall–Kier alpha value is -2.50. The lowest BCUT2D eigenvalue weighted by Crippen LogP contribution is -2.53. The van der Waals surface area contributed by atoms with Crippen molar-refractivity contribution in [1.82, 2.24) is 4.90 Å². The summed E-state index contributed by atoms with van der Waals surface area (Å²) in [5.74, 6) is -0.365. The van der Waals surface area contributed by atoms with Crippen molar-refractivity contribution in [3.63, 3.8) is 0 Å². The fourth-order valence-corrected chi connectivity index (χ4v) is 2.96. The smallest absolute Gasteiger partial charge is 0.411 e. The van der Waals surface area contributed by atoms with Gasteiger partial charge in [-0.05, 0) is 51.0 Å². The standard InChI is InChI=1S/C20H27NO5/c1-6-14-7-8-15(11-13(14)2)25-16-9-10-21(17(12-16)18(22)23)19(24)26-20(3,4)5/h6-8,11,16-17H,1,9-10,12H2,2-5H3,(H,22,23). The number of hydrogen-bond donors (Lipinski definition) is 1. The maximum absolute atomic E-state index is 12.3. The summed E-state index contributed by atoms with van der Waals surface area (Å²) in [6, 6.07) is 4.71. The number of hydrogen-bond acceptors (Lipinski definition) is 4. The first kappa shape index (κ1) is 19.8. The summed E-state index contributed by atoms with van der Waals surface area (Å²) in [5.41, 5.74) is 1.40.